The highest BCUT2D eigenvalue weighted by Gasteiger charge is 2.34. The molecule has 0 spiro atoms. The molecule has 0 bridgehead atoms. The van der Waals surface area contributed by atoms with Gasteiger partial charge in [0.05, 0.1) is 22.9 Å². The highest BCUT2D eigenvalue weighted by molar-refractivity contribution is 7.22. The number of anilines is 1. The van der Waals surface area contributed by atoms with Crippen LogP contribution in [0.3, 0.4) is 0 Å². The summed E-state index contributed by atoms with van der Waals surface area (Å²) in [6, 6.07) is 8.37. The van der Waals surface area contributed by atoms with E-state index in [1.807, 2.05) is 24.3 Å². The van der Waals surface area contributed by atoms with Gasteiger partial charge in [-0.25, -0.2) is 4.98 Å². The number of benzene rings is 1. The van der Waals surface area contributed by atoms with E-state index in [0.29, 0.717) is 18.3 Å². The third-order valence-corrected chi connectivity index (χ3v) is 5.51. The predicted octanol–water partition coefficient (Wildman–Crippen LogP) is 3.72. The molecule has 0 saturated carbocycles. The van der Waals surface area contributed by atoms with Gasteiger partial charge < -0.3 is 4.74 Å². The average molecular weight is 410 g/mol. The number of alkyl halides is 3. The minimum absolute atomic E-state index is 0.112. The molecule has 1 aromatic carbocycles. The number of aromatic nitrogens is 3. The Morgan fingerprint density at radius 1 is 1.32 bits per heavy atom. The Kier molecular flexibility index (Phi) is 5.07. The van der Waals surface area contributed by atoms with Crippen LogP contribution in [0.15, 0.2) is 36.5 Å². The second-order valence-electron chi connectivity index (χ2n) is 6.50. The molecule has 1 amide bonds. The zero-order valence-corrected chi connectivity index (χ0v) is 15.5. The molecule has 1 aliphatic heterocycles. The fourth-order valence-electron chi connectivity index (χ4n) is 3.08. The van der Waals surface area contributed by atoms with Crippen LogP contribution in [-0.2, 0) is 22.3 Å². The molecular weight excluding hydrogens is 393 g/mol. The minimum Gasteiger partial charge on any atom is -0.376 e. The van der Waals surface area contributed by atoms with Gasteiger partial charge >= 0.3 is 6.18 Å². The zero-order chi connectivity index (χ0) is 19.7. The molecule has 10 heteroatoms. The maximum absolute atomic E-state index is 12.9. The standard InChI is InChI=1S/C18H17F3N4O2S/c19-18(20,21)15-7-8-24(23-15)11-16(26)25(10-12-4-3-9-27-12)17-22-13-5-1-2-6-14(13)28-17/h1-2,5-8,12H,3-4,9-11H2. The van der Waals surface area contributed by atoms with Gasteiger partial charge in [-0.1, -0.05) is 23.5 Å². The summed E-state index contributed by atoms with van der Waals surface area (Å²) >= 11 is 1.37. The van der Waals surface area contributed by atoms with Crippen molar-refractivity contribution in [2.75, 3.05) is 18.1 Å². The Bertz CT molecular complexity index is 946. The van der Waals surface area contributed by atoms with Crippen LogP contribution in [0, 0.1) is 0 Å². The summed E-state index contributed by atoms with van der Waals surface area (Å²) in [5.41, 5.74) is -0.253. The van der Waals surface area contributed by atoms with Gasteiger partial charge in [-0.3, -0.25) is 14.4 Å². The zero-order valence-electron chi connectivity index (χ0n) is 14.7. The van der Waals surface area contributed by atoms with Crippen molar-refractivity contribution < 1.29 is 22.7 Å². The highest BCUT2D eigenvalue weighted by atomic mass is 32.1. The second kappa shape index (κ2) is 7.51. The Labute approximate surface area is 162 Å². The van der Waals surface area contributed by atoms with E-state index in [1.54, 1.807) is 0 Å². The third kappa shape index (κ3) is 4.02. The summed E-state index contributed by atoms with van der Waals surface area (Å²) in [5.74, 6) is -0.383. The van der Waals surface area contributed by atoms with Crippen LogP contribution in [0.1, 0.15) is 18.5 Å². The first-order valence-electron chi connectivity index (χ1n) is 8.78. The molecule has 4 rings (SSSR count). The van der Waals surface area contributed by atoms with Crippen molar-refractivity contribution in [3.05, 3.63) is 42.2 Å². The van der Waals surface area contributed by atoms with Gasteiger partial charge in [-0.05, 0) is 31.0 Å². The van der Waals surface area contributed by atoms with Crippen LogP contribution in [0.25, 0.3) is 10.2 Å². The SMILES string of the molecule is O=C(Cn1ccc(C(F)(F)F)n1)N(CC1CCCO1)c1nc2ccccc2s1. The molecule has 28 heavy (non-hydrogen) atoms. The molecule has 6 nitrogen and oxygen atoms in total. The van der Waals surface area contributed by atoms with E-state index in [-0.39, 0.29) is 18.6 Å². The lowest BCUT2D eigenvalue weighted by Gasteiger charge is -2.23. The van der Waals surface area contributed by atoms with E-state index in [0.717, 1.165) is 40.0 Å². The first-order valence-corrected chi connectivity index (χ1v) is 9.60. The van der Waals surface area contributed by atoms with Crippen molar-refractivity contribution in [3.8, 4) is 0 Å². The van der Waals surface area contributed by atoms with Crippen LogP contribution < -0.4 is 4.90 Å². The number of thiazole rings is 1. The topological polar surface area (TPSA) is 60.2 Å². The number of rotatable bonds is 5. The van der Waals surface area contributed by atoms with Crippen LogP contribution in [0.2, 0.25) is 0 Å². The molecule has 0 radical (unpaired) electrons. The van der Waals surface area contributed by atoms with Gasteiger partial charge in [0.15, 0.2) is 10.8 Å². The average Bonchev–Trinajstić information content (AvgIpc) is 3.38. The van der Waals surface area contributed by atoms with E-state index in [4.69, 9.17) is 4.74 Å². The van der Waals surface area contributed by atoms with Crippen molar-refractivity contribution in [2.45, 2.75) is 31.7 Å². The lowest BCUT2D eigenvalue weighted by Crippen LogP contribution is -2.39. The van der Waals surface area contributed by atoms with E-state index in [2.05, 4.69) is 10.1 Å². The first kappa shape index (κ1) is 18.9. The van der Waals surface area contributed by atoms with Gasteiger partial charge in [0.25, 0.3) is 5.91 Å². The highest BCUT2D eigenvalue weighted by Crippen LogP contribution is 2.30. The fraction of sp³-hybridized carbons (Fsp3) is 0.389. The van der Waals surface area contributed by atoms with Crippen LogP contribution >= 0.6 is 11.3 Å². The Morgan fingerprint density at radius 3 is 2.82 bits per heavy atom. The third-order valence-electron chi connectivity index (χ3n) is 4.45. The smallest absolute Gasteiger partial charge is 0.376 e. The molecule has 1 aliphatic rings. The molecule has 1 unspecified atom stereocenters. The number of ether oxygens (including phenoxy) is 1. The summed E-state index contributed by atoms with van der Waals surface area (Å²) in [7, 11) is 0. The maximum Gasteiger partial charge on any atom is 0.435 e. The summed E-state index contributed by atoms with van der Waals surface area (Å²) in [5, 5.41) is 3.97. The molecule has 1 saturated heterocycles. The molecular formula is C18H17F3N4O2S. The number of nitrogens with zero attached hydrogens (tertiary/aromatic N) is 4. The summed E-state index contributed by atoms with van der Waals surface area (Å²) < 4.78 is 45.8. The molecule has 0 aliphatic carbocycles. The number of halogens is 3. The van der Waals surface area contributed by atoms with Gasteiger partial charge in [-0.15, -0.1) is 0 Å². The van der Waals surface area contributed by atoms with Gasteiger partial charge in [0, 0.05) is 12.8 Å². The van der Waals surface area contributed by atoms with E-state index >= 15 is 0 Å². The maximum atomic E-state index is 12.9. The first-order chi connectivity index (χ1) is 13.4. The quantitative estimate of drug-likeness (QED) is 0.643. The number of carbonyl (C=O) groups is 1. The fourth-order valence-corrected chi connectivity index (χ4v) is 4.07. The number of amides is 1. The van der Waals surface area contributed by atoms with Crippen LogP contribution in [0.5, 0.6) is 0 Å². The van der Waals surface area contributed by atoms with Crippen molar-refractivity contribution in [2.24, 2.45) is 0 Å². The molecule has 2 aromatic heterocycles. The van der Waals surface area contributed by atoms with E-state index in [1.165, 1.54) is 16.2 Å². The van der Waals surface area contributed by atoms with Crippen molar-refractivity contribution >= 4 is 32.6 Å². The number of para-hydroxylation sites is 1. The monoisotopic (exact) mass is 410 g/mol. The van der Waals surface area contributed by atoms with Crippen molar-refractivity contribution in [3.63, 3.8) is 0 Å². The van der Waals surface area contributed by atoms with Gasteiger partial charge in [0.2, 0.25) is 0 Å². The summed E-state index contributed by atoms with van der Waals surface area (Å²) in [4.78, 5) is 18.9. The Balaban J connectivity index is 1.58. The number of hydrogen-bond donors (Lipinski definition) is 0. The number of fused-ring (bicyclic) bond motifs is 1. The molecule has 148 valence electrons. The minimum atomic E-state index is -4.54. The molecule has 3 heterocycles. The number of hydrogen-bond acceptors (Lipinski definition) is 5. The Hall–Kier alpha value is -2.46. The second-order valence-corrected chi connectivity index (χ2v) is 7.51. The van der Waals surface area contributed by atoms with Crippen molar-refractivity contribution in [1.82, 2.24) is 14.8 Å². The largest absolute Gasteiger partial charge is 0.435 e. The van der Waals surface area contributed by atoms with Crippen LogP contribution in [0.4, 0.5) is 18.3 Å². The molecule has 1 fully saturated rings. The lowest BCUT2D eigenvalue weighted by molar-refractivity contribution is -0.141. The summed E-state index contributed by atoms with van der Waals surface area (Å²) in [6.07, 6.45) is -1.75. The number of carbonyl (C=O) groups excluding carboxylic acids is 1. The molecule has 3 aromatic rings. The van der Waals surface area contributed by atoms with Gasteiger partial charge in [0.1, 0.15) is 6.54 Å². The van der Waals surface area contributed by atoms with E-state index < -0.39 is 11.9 Å². The van der Waals surface area contributed by atoms with Crippen molar-refractivity contribution in [1.29, 1.82) is 0 Å². The predicted molar refractivity (Wildman–Crippen MR) is 98.2 cm³/mol. The van der Waals surface area contributed by atoms with Gasteiger partial charge in [-0.2, -0.15) is 18.3 Å². The van der Waals surface area contributed by atoms with Crippen LogP contribution in [-0.4, -0.2) is 39.9 Å². The molecule has 1 atom stereocenters. The Morgan fingerprint density at radius 2 is 2.14 bits per heavy atom. The molecule has 0 N–H and O–H groups in total. The summed E-state index contributed by atoms with van der Waals surface area (Å²) in [6.45, 7) is 0.644. The lowest BCUT2D eigenvalue weighted by atomic mass is 10.2. The normalized spacial score (nSPS) is 17.3. The van der Waals surface area contributed by atoms with E-state index in [9.17, 15) is 18.0 Å².